The van der Waals surface area contributed by atoms with Gasteiger partial charge in [-0.05, 0) is 17.4 Å². The van der Waals surface area contributed by atoms with Gasteiger partial charge in [0.1, 0.15) is 0 Å². The van der Waals surface area contributed by atoms with Crippen molar-refractivity contribution < 1.29 is 19.7 Å². The molecule has 0 radical (unpaired) electrons. The predicted octanol–water partition coefficient (Wildman–Crippen LogP) is 0.372. The fourth-order valence-corrected chi connectivity index (χ4v) is 1.60. The van der Waals surface area contributed by atoms with E-state index in [0.29, 0.717) is 0 Å². The van der Waals surface area contributed by atoms with Crippen molar-refractivity contribution in [2.75, 3.05) is 6.61 Å². The molecule has 0 aliphatic heterocycles. The molecule has 0 bridgehead atoms. The summed E-state index contributed by atoms with van der Waals surface area (Å²) < 4.78 is 4.52. The number of hydrogen-bond donors (Lipinski definition) is 2. The van der Waals surface area contributed by atoms with Crippen LogP contribution in [0.5, 0.6) is 0 Å². The molecule has 0 aromatic carbocycles. The molecule has 0 rings (SSSR count). The van der Waals surface area contributed by atoms with Gasteiger partial charge < -0.3 is 14.9 Å². The summed E-state index contributed by atoms with van der Waals surface area (Å²) in [5.41, 5.74) is 0.884. The Morgan fingerprint density at radius 1 is 1.50 bits per heavy atom. The Bertz CT molecular complexity index is 336. The number of aliphatic hydroxyl groups excluding tert-OH is 2. The van der Waals surface area contributed by atoms with Crippen LogP contribution in [0.1, 0.15) is 13.8 Å². The molecule has 0 amide bonds. The zero-order chi connectivity index (χ0) is 14.1. The predicted molar refractivity (Wildman–Crippen MR) is 73.5 cm³/mol. The fourth-order valence-electron chi connectivity index (χ4n) is 1.60. The first-order valence-electron chi connectivity index (χ1n) is 5.85. The largest absolute Gasteiger partial charge is 0.542 e. The lowest BCUT2D eigenvalue weighted by Crippen LogP contribution is -2.33. The van der Waals surface area contributed by atoms with Crippen LogP contribution in [-0.4, -0.2) is 36.9 Å². The van der Waals surface area contributed by atoms with Gasteiger partial charge in [-0.15, -0.1) is 0 Å². The Morgan fingerprint density at radius 3 is 2.56 bits per heavy atom. The van der Waals surface area contributed by atoms with E-state index in [1.807, 2.05) is 6.92 Å². The second-order valence-electron chi connectivity index (χ2n) is 4.10. The number of carbonyl (C=O) groups is 1. The number of aliphatic hydroxyl groups is 2. The molecule has 0 saturated heterocycles. The van der Waals surface area contributed by atoms with Gasteiger partial charge in [-0.1, -0.05) is 44.7 Å². The smallest absolute Gasteiger partial charge is 0.326 e. The van der Waals surface area contributed by atoms with E-state index in [4.69, 9.17) is 5.11 Å². The fraction of sp³-hybridized carbons (Fsp3) is 0.462. The lowest BCUT2D eigenvalue weighted by molar-refractivity contribution is -0.146. The van der Waals surface area contributed by atoms with E-state index in [1.165, 1.54) is 8.05 Å². The van der Waals surface area contributed by atoms with Crippen molar-refractivity contribution in [1.82, 2.24) is 0 Å². The molecule has 3 atom stereocenters. The van der Waals surface area contributed by atoms with Crippen LogP contribution in [0, 0.1) is 11.8 Å². The lowest BCUT2D eigenvalue weighted by atomic mass is 9.84. The highest BCUT2D eigenvalue weighted by atomic mass is 16.5. The van der Waals surface area contributed by atoms with Gasteiger partial charge in [0.05, 0.1) is 6.61 Å². The van der Waals surface area contributed by atoms with E-state index in [1.54, 1.807) is 31.2 Å². The first kappa shape index (κ1) is 16.7. The summed E-state index contributed by atoms with van der Waals surface area (Å²) in [4.78, 5) is 11.3. The minimum atomic E-state index is -1.17. The van der Waals surface area contributed by atoms with Gasteiger partial charge in [0.25, 0.3) is 0 Å². The van der Waals surface area contributed by atoms with E-state index < -0.39 is 12.1 Å². The number of rotatable bonds is 7. The van der Waals surface area contributed by atoms with E-state index in [9.17, 15) is 9.90 Å². The minimum Gasteiger partial charge on any atom is -0.542 e. The summed E-state index contributed by atoms with van der Waals surface area (Å²) in [6.45, 7) is 7.23. The highest BCUT2D eigenvalue weighted by Gasteiger charge is 2.28. The average Bonchev–Trinajstić information content (AvgIpc) is 2.39. The normalized spacial score (nSPS) is 17.2. The number of carbonyl (C=O) groups excluding carboxylic acids is 1. The molecule has 2 unspecified atom stereocenters. The van der Waals surface area contributed by atoms with Crippen LogP contribution in [0.25, 0.3) is 0 Å². The first-order valence-corrected chi connectivity index (χ1v) is 5.85. The Labute approximate surface area is 109 Å². The molecule has 100 valence electrons. The minimum absolute atomic E-state index is 0.0604. The van der Waals surface area contributed by atoms with Crippen molar-refractivity contribution in [3.63, 3.8) is 0 Å². The van der Waals surface area contributed by atoms with Gasteiger partial charge in [-0.2, -0.15) is 0 Å². The molecule has 18 heavy (non-hydrogen) atoms. The SMILES string of the molecule is BOC(=O)[C@@H](O)C(C)C(C)C(/C=C\CO)=C/C=C. The molecule has 0 aliphatic carbocycles. The second-order valence-corrected chi connectivity index (χ2v) is 4.10. The molecular formula is C13H21BO4. The van der Waals surface area contributed by atoms with Crippen LogP contribution in [0.3, 0.4) is 0 Å². The topological polar surface area (TPSA) is 66.8 Å². The van der Waals surface area contributed by atoms with Crippen molar-refractivity contribution in [2.45, 2.75) is 20.0 Å². The summed E-state index contributed by atoms with van der Waals surface area (Å²) in [5.74, 6) is -1.01. The van der Waals surface area contributed by atoms with Crippen molar-refractivity contribution in [3.05, 3.63) is 36.5 Å². The van der Waals surface area contributed by atoms with Crippen molar-refractivity contribution in [3.8, 4) is 0 Å². The summed E-state index contributed by atoms with van der Waals surface area (Å²) in [5, 5.41) is 18.6. The summed E-state index contributed by atoms with van der Waals surface area (Å²) >= 11 is 0. The molecular weight excluding hydrogens is 231 g/mol. The molecule has 0 heterocycles. The van der Waals surface area contributed by atoms with Gasteiger partial charge in [0, 0.05) is 0 Å². The number of hydrogen-bond acceptors (Lipinski definition) is 4. The Balaban J connectivity index is 4.91. The van der Waals surface area contributed by atoms with E-state index >= 15 is 0 Å². The standard InChI is InChI=1S/C13H21BO4/c1-4-6-11(7-5-8-15)9(2)10(3)12(16)13(17)18-14/h4-7,9-10,12,15-16H,1,8,14H2,2-3H3/b7-5-,11-6+/t9?,10?,12-/m0/s1. The third kappa shape index (κ3) is 4.90. The van der Waals surface area contributed by atoms with Crippen LogP contribution < -0.4 is 0 Å². The van der Waals surface area contributed by atoms with E-state index in [2.05, 4.69) is 11.2 Å². The maximum atomic E-state index is 11.3. The molecule has 2 N–H and O–H groups in total. The molecule has 0 spiro atoms. The molecule has 0 aromatic heterocycles. The monoisotopic (exact) mass is 252 g/mol. The lowest BCUT2D eigenvalue weighted by Gasteiger charge is -2.24. The Hall–Kier alpha value is -1.33. The van der Waals surface area contributed by atoms with Gasteiger partial charge in [-0.3, -0.25) is 4.79 Å². The summed E-state index contributed by atoms with van der Waals surface area (Å²) in [7, 11) is 1.25. The average molecular weight is 252 g/mol. The van der Waals surface area contributed by atoms with Crippen LogP contribution in [0.15, 0.2) is 36.5 Å². The van der Waals surface area contributed by atoms with Crippen molar-refractivity contribution in [1.29, 1.82) is 0 Å². The third-order valence-corrected chi connectivity index (χ3v) is 2.98. The zero-order valence-corrected chi connectivity index (χ0v) is 11.2. The van der Waals surface area contributed by atoms with Crippen LogP contribution >= 0.6 is 0 Å². The molecule has 5 heteroatoms. The Kier molecular flexibility index (Phi) is 8.08. The van der Waals surface area contributed by atoms with Crippen molar-refractivity contribution in [2.24, 2.45) is 11.8 Å². The third-order valence-electron chi connectivity index (χ3n) is 2.98. The highest BCUT2D eigenvalue weighted by molar-refractivity contribution is 6.06. The molecule has 0 aromatic rings. The van der Waals surface area contributed by atoms with Gasteiger partial charge in [0.15, 0.2) is 6.10 Å². The van der Waals surface area contributed by atoms with Crippen LogP contribution in [0.2, 0.25) is 0 Å². The van der Waals surface area contributed by atoms with E-state index in [-0.39, 0.29) is 18.4 Å². The quantitative estimate of drug-likeness (QED) is 0.507. The van der Waals surface area contributed by atoms with E-state index in [0.717, 1.165) is 5.57 Å². The second kappa shape index (κ2) is 8.72. The van der Waals surface area contributed by atoms with Gasteiger partial charge in [-0.25, -0.2) is 0 Å². The maximum absolute atomic E-state index is 11.3. The first-order chi connectivity index (χ1) is 8.49. The number of allylic oxidation sites excluding steroid dienone is 4. The molecule has 0 saturated carbocycles. The molecule has 0 aliphatic rings. The van der Waals surface area contributed by atoms with Crippen LogP contribution in [0.4, 0.5) is 0 Å². The van der Waals surface area contributed by atoms with Gasteiger partial charge in [0.2, 0.25) is 0 Å². The highest BCUT2D eigenvalue weighted by Crippen LogP contribution is 2.25. The zero-order valence-electron chi connectivity index (χ0n) is 11.2. The van der Waals surface area contributed by atoms with Crippen molar-refractivity contribution >= 4 is 14.0 Å². The van der Waals surface area contributed by atoms with Crippen LogP contribution in [-0.2, 0) is 9.45 Å². The summed E-state index contributed by atoms with van der Waals surface area (Å²) in [6, 6.07) is 0. The van der Waals surface area contributed by atoms with Gasteiger partial charge >= 0.3 is 14.0 Å². The summed E-state index contributed by atoms with van der Waals surface area (Å²) in [6.07, 6.45) is 5.61. The molecule has 4 nitrogen and oxygen atoms in total. The Morgan fingerprint density at radius 2 is 2.11 bits per heavy atom. The molecule has 0 fully saturated rings. The maximum Gasteiger partial charge on any atom is 0.326 e.